The highest BCUT2D eigenvalue weighted by molar-refractivity contribution is 7.18. The van der Waals surface area contributed by atoms with Gasteiger partial charge in [0.2, 0.25) is 0 Å². The summed E-state index contributed by atoms with van der Waals surface area (Å²) in [6, 6.07) is 46.2. The topological polar surface area (TPSA) is 40.5 Å². The van der Waals surface area contributed by atoms with Crippen LogP contribution < -0.4 is 0 Å². The van der Waals surface area contributed by atoms with Gasteiger partial charge in [-0.3, -0.25) is 0 Å². The second-order valence-corrected chi connectivity index (χ2v) is 13.5. The van der Waals surface area contributed by atoms with E-state index in [4.69, 9.17) is 0 Å². The van der Waals surface area contributed by atoms with Gasteiger partial charge in [0.15, 0.2) is 0 Å². The highest BCUT2D eigenvalue weighted by Gasteiger charge is 2.46. The van der Waals surface area contributed by atoms with Crippen LogP contribution in [0.2, 0.25) is 0 Å². The molecule has 2 N–H and O–H groups in total. The van der Waals surface area contributed by atoms with Gasteiger partial charge < -0.3 is 10.2 Å². The van der Waals surface area contributed by atoms with Crippen molar-refractivity contribution >= 4 is 42.8 Å². The fraction of sp³-hybridized carbons (Fsp3) is 0.0244. The number of fused-ring (bicyclic) bond motifs is 5. The number of rotatable bonds is 4. The van der Waals surface area contributed by atoms with E-state index in [1.165, 1.54) is 64.7 Å². The van der Waals surface area contributed by atoms with Gasteiger partial charge in [-0.1, -0.05) is 84.9 Å². The summed E-state index contributed by atoms with van der Waals surface area (Å²) in [5, 5.41) is 27.7. The van der Waals surface area contributed by atoms with E-state index in [1.807, 2.05) is 24.3 Å². The number of aromatic hydroxyl groups is 2. The fourth-order valence-corrected chi connectivity index (χ4v) is 9.22. The highest BCUT2D eigenvalue weighted by atomic mass is 32.1. The van der Waals surface area contributed by atoms with Crippen molar-refractivity contribution in [3.05, 3.63) is 166 Å². The Kier molecular flexibility index (Phi) is 5.79. The molecule has 214 valence electrons. The second kappa shape index (κ2) is 9.93. The Bertz CT molecular complexity index is 2220. The maximum absolute atomic E-state index is 10.3. The lowest BCUT2D eigenvalue weighted by molar-refractivity contribution is 0.475. The number of benzene rings is 6. The van der Waals surface area contributed by atoms with Gasteiger partial charge in [0.1, 0.15) is 11.5 Å². The van der Waals surface area contributed by atoms with Crippen molar-refractivity contribution in [3.8, 4) is 44.9 Å². The Labute approximate surface area is 268 Å². The lowest BCUT2D eigenvalue weighted by atomic mass is 9.67. The van der Waals surface area contributed by atoms with E-state index in [2.05, 4.69) is 95.7 Å². The van der Waals surface area contributed by atoms with Crippen LogP contribution >= 0.6 is 22.7 Å². The molecule has 0 amide bonds. The molecule has 0 atom stereocenters. The Hall–Kier alpha value is -5.16. The predicted octanol–water partition coefficient (Wildman–Crippen LogP) is 11.2. The van der Waals surface area contributed by atoms with Crippen LogP contribution in [0.1, 0.15) is 22.3 Å². The van der Waals surface area contributed by atoms with Gasteiger partial charge in [0.25, 0.3) is 0 Å². The first-order chi connectivity index (χ1) is 22.1. The maximum Gasteiger partial charge on any atom is 0.115 e. The van der Waals surface area contributed by atoms with Crippen molar-refractivity contribution in [1.29, 1.82) is 0 Å². The molecule has 0 unspecified atom stereocenters. The van der Waals surface area contributed by atoms with Crippen LogP contribution in [0.25, 0.3) is 53.6 Å². The molecule has 0 aliphatic heterocycles. The third-order valence-corrected chi connectivity index (χ3v) is 11.2. The third kappa shape index (κ3) is 3.86. The van der Waals surface area contributed by atoms with Crippen molar-refractivity contribution in [3.63, 3.8) is 0 Å². The van der Waals surface area contributed by atoms with Gasteiger partial charge in [-0.2, -0.15) is 0 Å². The number of phenolic OH excluding ortho intramolecular Hbond substituents is 2. The summed E-state index contributed by atoms with van der Waals surface area (Å²) in [7, 11) is 0. The van der Waals surface area contributed by atoms with Gasteiger partial charge in [0.05, 0.1) is 5.41 Å². The Balaban J connectivity index is 1.36. The summed E-state index contributed by atoms with van der Waals surface area (Å²) in [5.74, 6) is 0.467. The predicted molar refractivity (Wildman–Crippen MR) is 189 cm³/mol. The first-order valence-corrected chi connectivity index (χ1v) is 16.7. The normalized spacial score (nSPS) is 13.2. The van der Waals surface area contributed by atoms with E-state index in [0.717, 1.165) is 11.1 Å². The van der Waals surface area contributed by atoms with E-state index in [0.29, 0.717) is 0 Å². The zero-order valence-electron chi connectivity index (χ0n) is 24.1. The molecule has 0 saturated heterocycles. The Morgan fingerprint density at radius 3 is 1.29 bits per heavy atom. The second-order valence-electron chi connectivity index (χ2n) is 11.7. The molecule has 0 bridgehead atoms. The third-order valence-electron chi connectivity index (χ3n) is 9.32. The molecule has 2 heterocycles. The van der Waals surface area contributed by atoms with E-state index in [9.17, 15) is 10.2 Å². The molecule has 6 aromatic carbocycles. The van der Waals surface area contributed by atoms with Crippen molar-refractivity contribution < 1.29 is 10.2 Å². The van der Waals surface area contributed by atoms with Gasteiger partial charge in [0, 0.05) is 31.3 Å². The molecule has 1 aliphatic rings. The smallest absolute Gasteiger partial charge is 0.115 e. The monoisotopic (exact) mass is 614 g/mol. The summed E-state index contributed by atoms with van der Waals surface area (Å²) in [4.78, 5) is 0. The zero-order valence-corrected chi connectivity index (χ0v) is 25.7. The molecule has 2 nitrogen and oxygen atoms in total. The number of hydrogen-bond acceptors (Lipinski definition) is 4. The summed E-state index contributed by atoms with van der Waals surface area (Å²) in [6.07, 6.45) is 0. The van der Waals surface area contributed by atoms with Crippen molar-refractivity contribution in [2.24, 2.45) is 0 Å². The Morgan fingerprint density at radius 1 is 0.422 bits per heavy atom. The molecule has 8 aromatic rings. The molecule has 0 radical (unpaired) electrons. The minimum atomic E-state index is -0.642. The molecule has 4 heteroatoms. The standard InChI is InChI=1S/C41H26O2S2/c42-29-15-11-27(12-16-29)41(28-13-17-30(43)18-14-28)37-19-9-25(35-23-44-39-7-3-1-5-31(35)39)21-33(37)34-22-26(10-20-38(34)41)36-24-45-40-8-4-2-6-32(36)40/h1-24,42-43H. The lowest BCUT2D eigenvalue weighted by Crippen LogP contribution is -2.28. The first-order valence-electron chi connectivity index (χ1n) is 14.9. The number of hydrogen-bond donors (Lipinski definition) is 2. The maximum atomic E-state index is 10.3. The zero-order chi connectivity index (χ0) is 30.1. The van der Waals surface area contributed by atoms with Gasteiger partial charge in [-0.05, 0) is 104 Å². The average molecular weight is 615 g/mol. The van der Waals surface area contributed by atoms with E-state index < -0.39 is 5.41 Å². The summed E-state index contributed by atoms with van der Waals surface area (Å²) in [5.41, 5.74) is 11.1. The van der Waals surface area contributed by atoms with Gasteiger partial charge in [-0.25, -0.2) is 0 Å². The number of thiophene rings is 2. The van der Waals surface area contributed by atoms with Crippen LogP contribution in [-0.2, 0) is 5.41 Å². The largest absolute Gasteiger partial charge is 0.508 e. The van der Waals surface area contributed by atoms with Crippen molar-refractivity contribution in [2.45, 2.75) is 5.41 Å². The van der Waals surface area contributed by atoms with E-state index in [1.54, 1.807) is 46.9 Å². The summed E-state index contributed by atoms with van der Waals surface area (Å²) in [6.45, 7) is 0. The quantitative estimate of drug-likeness (QED) is 0.207. The minimum absolute atomic E-state index is 0.234. The van der Waals surface area contributed by atoms with Crippen LogP contribution in [0.15, 0.2) is 144 Å². The minimum Gasteiger partial charge on any atom is -0.508 e. The fourth-order valence-electron chi connectivity index (χ4n) is 7.28. The van der Waals surface area contributed by atoms with Crippen LogP contribution in [0.5, 0.6) is 11.5 Å². The van der Waals surface area contributed by atoms with Crippen LogP contribution in [0.4, 0.5) is 0 Å². The first kappa shape index (κ1) is 26.3. The molecule has 2 aromatic heterocycles. The van der Waals surface area contributed by atoms with E-state index >= 15 is 0 Å². The molecule has 0 spiro atoms. The average Bonchev–Trinajstić information content (AvgIpc) is 3.78. The Morgan fingerprint density at radius 2 is 0.844 bits per heavy atom. The van der Waals surface area contributed by atoms with Crippen molar-refractivity contribution in [2.75, 3.05) is 0 Å². The van der Waals surface area contributed by atoms with Crippen LogP contribution in [0, 0.1) is 0 Å². The van der Waals surface area contributed by atoms with Crippen LogP contribution in [-0.4, -0.2) is 10.2 Å². The number of phenols is 2. The highest BCUT2D eigenvalue weighted by Crippen LogP contribution is 2.58. The molecule has 9 rings (SSSR count). The van der Waals surface area contributed by atoms with E-state index in [-0.39, 0.29) is 11.5 Å². The molecule has 45 heavy (non-hydrogen) atoms. The molecule has 0 saturated carbocycles. The van der Waals surface area contributed by atoms with Gasteiger partial charge >= 0.3 is 0 Å². The molecule has 1 aliphatic carbocycles. The molecule has 0 fully saturated rings. The van der Waals surface area contributed by atoms with Gasteiger partial charge in [-0.15, -0.1) is 22.7 Å². The molecular weight excluding hydrogens is 589 g/mol. The summed E-state index contributed by atoms with van der Waals surface area (Å²) >= 11 is 3.56. The summed E-state index contributed by atoms with van der Waals surface area (Å²) < 4.78 is 2.56. The van der Waals surface area contributed by atoms with Crippen LogP contribution in [0.3, 0.4) is 0 Å². The van der Waals surface area contributed by atoms with Crippen molar-refractivity contribution in [1.82, 2.24) is 0 Å². The molecular formula is C41H26O2S2. The SMILES string of the molecule is Oc1ccc(C2(c3ccc(O)cc3)c3ccc(-c4csc5ccccc45)cc3-c3cc(-c4csc5ccccc45)ccc32)cc1. The lowest BCUT2D eigenvalue weighted by Gasteiger charge is -2.34.